The highest BCUT2D eigenvalue weighted by atomic mass is 32.1. The van der Waals surface area contributed by atoms with Crippen molar-refractivity contribution in [2.75, 3.05) is 5.32 Å². The van der Waals surface area contributed by atoms with Crippen LogP contribution in [0.25, 0.3) is 21.3 Å². The van der Waals surface area contributed by atoms with Crippen LogP contribution < -0.4 is 5.32 Å². The van der Waals surface area contributed by atoms with Gasteiger partial charge in [-0.2, -0.15) is 0 Å². The molecule has 0 aliphatic heterocycles. The summed E-state index contributed by atoms with van der Waals surface area (Å²) in [6, 6.07) is 16.9. The summed E-state index contributed by atoms with van der Waals surface area (Å²) in [4.78, 5) is 9.92. The van der Waals surface area contributed by atoms with E-state index in [1.807, 2.05) is 6.07 Å². The summed E-state index contributed by atoms with van der Waals surface area (Å²) in [5.41, 5.74) is 5.87. The van der Waals surface area contributed by atoms with Crippen molar-refractivity contribution in [1.82, 2.24) is 9.97 Å². The Bertz CT molecular complexity index is 1000. The van der Waals surface area contributed by atoms with Gasteiger partial charge in [-0.05, 0) is 37.1 Å². The molecule has 0 saturated carbocycles. The third-order valence-corrected chi connectivity index (χ3v) is 4.90. The zero-order valence-electron chi connectivity index (χ0n) is 13.6. The molecule has 3 nitrogen and oxygen atoms in total. The van der Waals surface area contributed by atoms with Crippen molar-refractivity contribution in [3.8, 4) is 11.1 Å². The van der Waals surface area contributed by atoms with Crippen LogP contribution in [0.4, 0.5) is 11.5 Å². The molecule has 4 rings (SSSR count). The number of fused-ring (bicyclic) bond motifs is 1. The van der Waals surface area contributed by atoms with E-state index in [4.69, 9.17) is 0 Å². The molecule has 4 aromatic rings. The van der Waals surface area contributed by atoms with Crippen molar-refractivity contribution in [2.45, 2.75) is 13.8 Å². The fraction of sp³-hybridized carbons (Fsp3) is 0.100. The Hall–Kier alpha value is -2.72. The molecule has 0 amide bonds. The van der Waals surface area contributed by atoms with Crippen molar-refractivity contribution in [1.29, 1.82) is 0 Å². The van der Waals surface area contributed by atoms with E-state index in [2.05, 4.69) is 77.0 Å². The van der Waals surface area contributed by atoms with Crippen molar-refractivity contribution < 1.29 is 0 Å². The van der Waals surface area contributed by atoms with E-state index in [9.17, 15) is 0 Å². The van der Waals surface area contributed by atoms with Gasteiger partial charge in [0.2, 0.25) is 0 Å². The predicted molar refractivity (Wildman–Crippen MR) is 102 cm³/mol. The highest BCUT2D eigenvalue weighted by molar-refractivity contribution is 7.17. The number of nitrogens with zero attached hydrogens (tertiary/aromatic N) is 2. The van der Waals surface area contributed by atoms with Crippen LogP contribution >= 0.6 is 11.3 Å². The van der Waals surface area contributed by atoms with Crippen LogP contribution in [-0.2, 0) is 0 Å². The Morgan fingerprint density at radius 2 is 1.75 bits per heavy atom. The minimum atomic E-state index is 0.849. The highest BCUT2D eigenvalue weighted by Crippen LogP contribution is 2.37. The minimum Gasteiger partial charge on any atom is -0.340 e. The standard InChI is InChI=1S/C20H17N3S/c1-13-6-8-15(9-7-13)17-11-24-20-18(17)19(21-12-22-20)23-16-5-3-4-14(2)10-16/h3-12H,1-2H3,(H,21,22,23). The molecule has 0 unspecified atom stereocenters. The minimum absolute atomic E-state index is 0.849. The molecular formula is C20H17N3S. The molecule has 0 aliphatic carbocycles. The fourth-order valence-corrected chi connectivity index (χ4v) is 3.69. The molecule has 0 atom stereocenters. The number of anilines is 2. The predicted octanol–water partition coefficient (Wildman–Crippen LogP) is 5.72. The molecule has 0 radical (unpaired) electrons. The number of aromatic nitrogens is 2. The summed E-state index contributed by atoms with van der Waals surface area (Å²) in [6.07, 6.45) is 1.62. The molecule has 1 N–H and O–H groups in total. The summed E-state index contributed by atoms with van der Waals surface area (Å²) in [5, 5.41) is 6.69. The maximum Gasteiger partial charge on any atom is 0.143 e. The summed E-state index contributed by atoms with van der Waals surface area (Å²) in [5.74, 6) is 0.849. The maximum absolute atomic E-state index is 4.49. The van der Waals surface area contributed by atoms with E-state index in [1.165, 1.54) is 22.3 Å². The average molecular weight is 331 g/mol. The molecule has 0 saturated heterocycles. The first-order chi connectivity index (χ1) is 11.7. The maximum atomic E-state index is 4.49. The van der Waals surface area contributed by atoms with Gasteiger partial charge in [-0.3, -0.25) is 0 Å². The number of hydrogen-bond donors (Lipinski definition) is 1. The fourth-order valence-electron chi connectivity index (χ4n) is 2.78. The normalized spacial score (nSPS) is 10.9. The third-order valence-electron chi connectivity index (χ3n) is 4.01. The lowest BCUT2D eigenvalue weighted by molar-refractivity contribution is 1.23. The van der Waals surface area contributed by atoms with Crippen LogP contribution in [0.3, 0.4) is 0 Å². The van der Waals surface area contributed by atoms with Crippen LogP contribution in [0.1, 0.15) is 11.1 Å². The zero-order valence-corrected chi connectivity index (χ0v) is 14.4. The summed E-state index contributed by atoms with van der Waals surface area (Å²) in [7, 11) is 0. The second-order valence-electron chi connectivity index (χ2n) is 5.91. The molecule has 2 aromatic heterocycles. The number of rotatable bonds is 3. The second kappa shape index (κ2) is 6.06. The molecule has 4 heteroatoms. The van der Waals surface area contributed by atoms with Gasteiger partial charge in [0.05, 0.1) is 5.39 Å². The van der Waals surface area contributed by atoms with Gasteiger partial charge in [-0.1, -0.05) is 42.0 Å². The Balaban J connectivity index is 1.84. The third kappa shape index (κ3) is 2.76. The first-order valence-corrected chi connectivity index (χ1v) is 8.71. The van der Waals surface area contributed by atoms with Crippen molar-refractivity contribution in [3.63, 3.8) is 0 Å². The Labute approximate surface area is 145 Å². The largest absolute Gasteiger partial charge is 0.340 e. The topological polar surface area (TPSA) is 37.8 Å². The second-order valence-corrected chi connectivity index (χ2v) is 6.77. The van der Waals surface area contributed by atoms with E-state index in [1.54, 1.807) is 17.7 Å². The zero-order chi connectivity index (χ0) is 16.5. The first-order valence-electron chi connectivity index (χ1n) is 7.83. The van der Waals surface area contributed by atoms with Gasteiger partial charge in [-0.25, -0.2) is 9.97 Å². The van der Waals surface area contributed by atoms with Gasteiger partial charge in [0.15, 0.2) is 0 Å². The van der Waals surface area contributed by atoms with Gasteiger partial charge in [0.25, 0.3) is 0 Å². The Morgan fingerprint density at radius 3 is 2.54 bits per heavy atom. The van der Waals surface area contributed by atoms with E-state index in [-0.39, 0.29) is 0 Å². The van der Waals surface area contributed by atoms with E-state index in [0.29, 0.717) is 0 Å². The van der Waals surface area contributed by atoms with Crippen molar-refractivity contribution in [2.24, 2.45) is 0 Å². The van der Waals surface area contributed by atoms with Crippen molar-refractivity contribution in [3.05, 3.63) is 71.4 Å². The molecule has 0 bridgehead atoms. The quantitative estimate of drug-likeness (QED) is 0.522. The molecular weight excluding hydrogens is 314 g/mol. The molecule has 118 valence electrons. The van der Waals surface area contributed by atoms with Gasteiger partial charge < -0.3 is 5.32 Å². The molecule has 0 spiro atoms. The smallest absolute Gasteiger partial charge is 0.143 e. The van der Waals surface area contributed by atoms with Gasteiger partial charge in [0, 0.05) is 16.6 Å². The van der Waals surface area contributed by atoms with Crippen LogP contribution in [0, 0.1) is 13.8 Å². The van der Waals surface area contributed by atoms with E-state index in [0.717, 1.165) is 21.7 Å². The Morgan fingerprint density at radius 1 is 0.917 bits per heavy atom. The van der Waals surface area contributed by atoms with Gasteiger partial charge in [-0.15, -0.1) is 11.3 Å². The number of aryl methyl sites for hydroxylation is 2. The summed E-state index contributed by atoms with van der Waals surface area (Å²) < 4.78 is 0. The average Bonchev–Trinajstić information content (AvgIpc) is 3.01. The lowest BCUT2D eigenvalue weighted by Gasteiger charge is -2.09. The van der Waals surface area contributed by atoms with Crippen molar-refractivity contribution >= 4 is 33.1 Å². The number of nitrogens with one attached hydrogen (secondary N) is 1. The number of thiophene rings is 1. The lowest BCUT2D eigenvalue weighted by Crippen LogP contribution is -1.95. The molecule has 0 aliphatic rings. The monoisotopic (exact) mass is 331 g/mol. The number of benzene rings is 2. The molecule has 24 heavy (non-hydrogen) atoms. The van der Waals surface area contributed by atoms with Gasteiger partial charge in [0.1, 0.15) is 17.0 Å². The van der Waals surface area contributed by atoms with E-state index < -0.39 is 0 Å². The van der Waals surface area contributed by atoms with Crippen LogP contribution in [0.5, 0.6) is 0 Å². The SMILES string of the molecule is Cc1ccc(-c2csc3ncnc(Nc4cccc(C)c4)c23)cc1. The Kier molecular flexibility index (Phi) is 3.75. The number of hydrogen-bond acceptors (Lipinski definition) is 4. The van der Waals surface area contributed by atoms with E-state index >= 15 is 0 Å². The molecule has 0 fully saturated rings. The highest BCUT2D eigenvalue weighted by Gasteiger charge is 2.13. The lowest BCUT2D eigenvalue weighted by atomic mass is 10.0. The van der Waals surface area contributed by atoms with Crippen LogP contribution in [-0.4, -0.2) is 9.97 Å². The molecule has 2 heterocycles. The van der Waals surface area contributed by atoms with Crippen LogP contribution in [0.2, 0.25) is 0 Å². The first kappa shape index (κ1) is 14.8. The van der Waals surface area contributed by atoms with Crippen LogP contribution in [0.15, 0.2) is 60.2 Å². The summed E-state index contributed by atoms with van der Waals surface area (Å²) in [6.45, 7) is 4.19. The van der Waals surface area contributed by atoms with Gasteiger partial charge >= 0.3 is 0 Å². The summed E-state index contributed by atoms with van der Waals surface area (Å²) >= 11 is 1.65. The molecule has 2 aromatic carbocycles.